The lowest BCUT2D eigenvalue weighted by Crippen LogP contribution is -2.44. The van der Waals surface area contributed by atoms with E-state index in [1.165, 1.54) is 0 Å². The van der Waals surface area contributed by atoms with Gasteiger partial charge in [0, 0.05) is 31.7 Å². The number of amides is 1. The van der Waals surface area contributed by atoms with Gasteiger partial charge in [0.25, 0.3) is 5.91 Å². The van der Waals surface area contributed by atoms with Crippen LogP contribution in [0.4, 0.5) is 0 Å². The molecule has 2 unspecified atom stereocenters. The van der Waals surface area contributed by atoms with Gasteiger partial charge >= 0.3 is 0 Å². The fraction of sp³-hybridized carbons (Fsp3) is 0.588. The maximum absolute atomic E-state index is 12.6. The molecule has 4 heterocycles. The van der Waals surface area contributed by atoms with Crippen molar-refractivity contribution in [3.8, 4) is 11.3 Å². The monoisotopic (exact) mass is 330 g/mol. The van der Waals surface area contributed by atoms with Gasteiger partial charge in [-0.15, -0.1) is 0 Å². The number of likely N-dealkylation sites (tertiary alicyclic amines) is 1. The number of aryl methyl sites for hydroxylation is 1. The first-order valence-corrected chi connectivity index (χ1v) is 8.59. The average Bonchev–Trinajstić information content (AvgIpc) is 3.35. The van der Waals surface area contributed by atoms with Crippen molar-refractivity contribution < 1.29 is 14.1 Å². The number of H-pyrrole nitrogens is 1. The minimum atomic E-state index is -0.248. The lowest BCUT2D eigenvalue weighted by atomic mass is 9.91. The Labute approximate surface area is 140 Å². The van der Waals surface area contributed by atoms with Crippen LogP contribution in [0.15, 0.2) is 16.8 Å². The summed E-state index contributed by atoms with van der Waals surface area (Å²) in [7, 11) is 0. The molecule has 2 aliphatic rings. The summed E-state index contributed by atoms with van der Waals surface area (Å²) < 4.78 is 10.9. The first kappa shape index (κ1) is 15.4. The molecule has 0 saturated carbocycles. The van der Waals surface area contributed by atoms with Crippen molar-refractivity contribution in [3.05, 3.63) is 23.7 Å². The lowest BCUT2D eigenvalue weighted by Gasteiger charge is -2.33. The van der Waals surface area contributed by atoms with Gasteiger partial charge in [0.1, 0.15) is 6.10 Å². The summed E-state index contributed by atoms with van der Waals surface area (Å²) >= 11 is 0. The number of piperidine rings is 1. The second-order valence-corrected chi connectivity index (χ2v) is 6.65. The Morgan fingerprint density at radius 2 is 2.29 bits per heavy atom. The fourth-order valence-electron chi connectivity index (χ4n) is 3.68. The third kappa shape index (κ3) is 2.84. The number of nitrogens with one attached hydrogen (secondary N) is 1. The summed E-state index contributed by atoms with van der Waals surface area (Å²) in [5.41, 5.74) is 2.80. The summed E-state index contributed by atoms with van der Waals surface area (Å²) in [5.74, 6) is 1.08. The molecule has 24 heavy (non-hydrogen) atoms. The van der Waals surface area contributed by atoms with E-state index >= 15 is 0 Å². The van der Waals surface area contributed by atoms with E-state index in [9.17, 15) is 4.79 Å². The van der Waals surface area contributed by atoms with Crippen molar-refractivity contribution in [2.45, 2.75) is 44.6 Å². The topological polar surface area (TPSA) is 84.2 Å². The predicted octanol–water partition coefficient (Wildman–Crippen LogP) is 2.26. The van der Waals surface area contributed by atoms with Crippen LogP contribution in [0.1, 0.15) is 43.0 Å². The number of rotatable bonds is 3. The quantitative estimate of drug-likeness (QED) is 0.933. The molecule has 2 saturated heterocycles. The summed E-state index contributed by atoms with van der Waals surface area (Å²) in [4.78, 5) is 14.6. The van der Waals surface area contributed by atoms with E-state index in [2.05, 4.69) is 15.4 Å². The molecule has 0 aromatic carbocycles. The third-order valence-electron chi connectivity index (χ3n) is 4.91. The van der Waals surface area contributed by atoms with Crippen LogP contribution in [0, 0.1) is 6.92 Å². The second kappa shape index (κ2) is 6.39. The van der Waals surface area contributed by atoms with E-state index in [4.69, 9.17) is 9.26 Å². The zero-order valence-electron chi connectivity index (χ0n) is 13.8. The zero-order chi connectivity index (χ0) is 16.5. The summed E-state index contributed by atoms with van der Waals surface area (Å²) in [6.45, 7) is 4.10. The van der Waals surface area contributed by atoms with Gasteiger partial charge in [0.2, 0.25) is 0 Å². The van der Waals surface area contributed by atoms with Crippen LogP contribution in [0.2, 0.25) is 0 Å². The molecule has 0 spiro atoms. The maximum Gasteiger partial charge on any atom is 0.251 e. The van der Waals surface area contributed by atoms with Crippen molar-refractivity contribution in [2.75, 3.05) is 19.7 Å². The SMILES string of the molecule is Cc1cc(-c2cn[nH]c2C2CCCN(C(=O)C3CCCO3)C2)on1. The van der Waals surface area contributed by atoms with Crippen molar-refractivity contribution in [2.24, 2.45) is 0 Å². The van der Waals surface area contributed by atoms with Gasteiger partial charge in [0.05, 0.1) is 23.1 Å². The van der Waals surface area contributed by atoms with E-state index in [-0.39, 0.29) is 17.9 Å². The Bertz CT molecular complexity index is 717. The van der Waals surface area contributed by atoms with E-state index < -0.39 is 0 Å². The Kier molecular flexibility index (Phi) is 4.10. The van der Waals surface area contributed by atoms with Gasteiger partial charge in [-0.3, -0.25) is 9.89 Å². The molecule has 7 nitrogen and oxygen atoms in total. The summed E-state index contributed by atoms with van der Waals surface area (Å²) in [6.07, 6.45) is 5.35. The molecular formula is C17H22N4O3. The molecule has 7 heteroatoms. The first-order valence-electron chi connectivity index (χ1n) is 8.59. The molecule has 2 aromatic rings. The maximum atomic E-state index is 12.6. The highest BCUT2D eigenvalue weighted by Gasteiger charge is 2.33. The predicted molar refractivity (Wildman–Crippen MR) is 86.4 cm³/mol. The number of nitrogens with zero attached hydrogens (tertiary/aromatic N) is 3. The van der Waals surface area contributed by atoms with Crippen molar-refractivity contribution in [1.82, 2.24) is 20.3 Å². The molecule has 128 valence electrons. The number of aromatic amines is 1. The van der Waals surface area contributed by atoms with Crippen LogP contribution >= 0.6 is 0 Å². The van der Waals surface area contributed by atoms with Crippen LogP contribution in [0.5, 0.6) is 0 Å². The highest BCUT2D eigenvalue weighted by molar-refractivity contribution is 5.81. The van der Waals surface area contributed by atoms with Gasteiger partial charge in [0.15, 0.2) is 5.76 Å². The van der Waals surface area contributed by atoms with Crippen molar-refractivity contribution >= 4 is 5.91 Å². The molecule has 1 N–H and O–H groups in total. The van der Waals surface area contributed by atoms with Crippen LogP contribution < -0.4 is 0 Å². The molecule has 2 aliphatic heterocycles. The molecule has 2 atom stereocenters. The van der Waals surface area contributed by atoms with Gasteiger partial charge in [-0.1, -0.05) is 5.16 Å². The number of carbonyl (C=O) groups excluding carboxylic acids is 1. The zero-order valence-corrected chi connectivity index (χ0v) is 13.8. The van der Waals surface area contributed by atoms with E-state index in [1.807, 2.05) is 17.9 Å². The summed E-state index contributed by atoms with van der Waals surface area (Å²) in [6, 6.07) is 1.91. The molecule has 2 fully saturated rings. The van der Waals surface area contributed by atoms with Gasteiger partial charge < -0.3 is 14.2 Å². The highest BCUT2D eigenvalue weighted by atomic mass is 16.5. The van der Waals surface area contributed by atoms with Gasteiger partial charge in [-0.2, -0.15) is 5.10 Å². The summed E-state index contributed by atoms with van der Waals surface area (Å²) in [5, 5.41) is 11.3. The number of aromatic nitrogens is 3. The lowest BCUT2D eigenvalue weighted by molar-refractivity contribution is -0.142. The second-order valence-electron chi connectivity index (χ2n) is 6.65. The molecule has 2 aromatic heterocycles. The Morgan fingerprint density at radius 1 is 1.38 bits per heavy atom. The average molecular weight is 330 g/mol. The minimum absolute atomic E-state index is 0.133. The van der Waals surface area contributed by atoms with Crippen LogP contribution in [-0.2, 0) is 9.53 Å². The van der Waals surface area contributed by atoms with Crippen LogP contribution in [0.25, 0.3) is 11.3 Å². The Hall–Kier alpha value is -2.15. The number of carbonyl (C=O) groups is 1. The van der Waals surface area contributed by atoms with E-state index in [1.54, 1.807) is 6.20 Å². The van der Waals surface area contributed by atoms with Crippen LogP contribution in [0.3, 0.4) is 0 Å². The van der Waals surface area contributed by atoms with Crippen LogP contribution in [-0.4, -0.2) is 52.0 Å². The largest absolute Gasteiger partial charge is 0.368 e. The molecule has 1 amide bonds. The molecule has 0 radical (unpaired) electrons. The number of hydrogen-bond donors (Lipinski definition) is 1. The van der Waals surface area contributed by atoms with Gasteiger partial charge in [-0.05, 0) is 32.6 Å². The smallest absolute Gasteiger partial charge is 0.251 e. The van der Waals surface area contributed by atoms with Crippen molar-refractivity contribution in [1.29, 1.82) is 0 Å². The molecule has 0 bridgehead atoms. The first-order chi connectivity index (χ1) is 11.7. The normalized spacial score (nSPS) is 24.5. The number of ether oxygens (including phenoxy) is 1. The van der Waals surface area contributed by atoms with Crippen molar-refractivity contribution in [3.63, 3.8) is 0 Å². The standard InChI is InChI=1S/C17H22N4O3/c1-11-8-15(24-20-11)13-9-18-19-16(13)12-4-2-6-21(10-12)17(22)14-5-3-7-23-14/h8-9,12,14H,2-7,10H2,1H3,(H,18,19). The molecule has 0 aliphatic carbocycles. The third-order valence-corrected chi connectivity index (χ3v) is 4.91. The molecular weight excluding hydrogens is 308 g/mol. The molecule has 4 rings (SSSR count). The Balaban J connectivity index is 1.52. The fourth-order valence-corrected chi connectivity index (χ4v) is 3.68. The van der Waals surface area contributed by atoms with E-state index in [0.717, 1.165) is 54.9 Å². The van der Waals surface area contributed by atoms with Gasteiger partial charge in [-0.25, -0.2) is 0 Å². The minimum Gasteiger partial charge on any atom is -0.368 e. The highest BCUT2D eigenvalue weighted by Crippen LogP contribution is 2.33. The number of hydrogen-bond acceptors (Lipinski definition) is 5. The van der Waals surface area contributed by atoms with E-state index in [0.29, 0.717) is 13.2 Å². The Morgan fingerprint density at radius 3 is 3.04 bits per heavy atom.